The molecule has 0 amide bonds. The van der Waals surface area contributed by atoms with Crippen molar-refractivity contribution < 1.29 is 0 Å². The summed E-state index contributed by atoms with van der Waals surface area (Å²) in [6.07, 6.45) is 0. The molecule has 0 aliphatic carbocycles. The van der Waals surface area contributed by atoms with Crippen LogP contribution in [0.1, 0.15) is 17.0 Å². The van der Waals surface area contributed by atoms with Crippen molar-refractivity contribution in [2.24, 2.45) is 0 Å². The third-order valence-electron chi connectivity index (χ3n) is 6.05. The van der Waals surface area contributed by atoms with Crippen molar-refractivity contribution in [3.05, 3.63) is 101 Å². The van der Waals surface area contributed by atoms with E-state index in [-0.39, 0.29) is 0 Å². The fourth-order valence-corrected chi connectivity index (χ4v) is 4.52. The molecule has 1 aromatic heterocycles. The van der Waals surface area contributed by atoms with Gasteiger partial charge in [0.1, 0.15) is 5.82 Å². The fraction of sp³-hybridized carbons (Fsp3) is 0.269. The third kappa shape index (κ3) is 4.82. The summed E-state index contributed by atoms with van der Waals surface area (Å²) in [5.74, 6) is 1.11. The van der Waals surface area contributed by atoms with Crippen LogP contribution in [0.4, 0.5) is 0 Å². The van der Waals surface area contributed by atoms with Gasteiger partial charge in [0, 0.05) is 44.3 Å². The first-order chi connectivity index (χ1) is 15.2. The van der Waals surface area contributed by atoms with Crippen LogP contribution >= 0.6 is 11.6 Å². The number of nitrogens with zero attached hydrogens (tertiary/aromatic N) is 4. The summed E-state index contributed by atoms with van der Waals surface area (Å²) < 4.78 is 2.33. The van der Waals surface area contributed by atoms with Crippen LogP contribution in [0.3, 0.4) is 0 Å². The van der Waals surface area contributed by atoms with Crippen LogP contribution < -0.4 is 0 Å². The molecule has 0 unspecified atom stereocenters. The third-order valence-corrected chi connectivity index (χ3v) is 6.29. The topological polar surface area (TPSA) is 24.3 Å². The second-order valence-electron chi connectivity index (χ2n) is 8.27. The van der Waals surface area contributed by atoms with E-state index in [1.165, 1.54) is 11.1 Å². The van der Waals surface area contributed by atoms with Crippen LogP contribution in [0.2, 0.25) is 5.02 Å². The lowest BCUT2D eigenvalue weighted by molar-refractivity contribution is 0.119. The number of hydrogen-bond acceptors (Lipinski definition) is 3. The molecule has 1 aliphatic rings. The van der Waals surface area contributed by atoms with Crippen molar-refractivity contribution in [3.8, 4) is 0 Å². The summed E-state index contributed by atoms with van der Waals surface area (Å²) in [6, 6.07) is 27.3. The number of aromatic nitrogens is 2. The Kier molecular flexibility index (Phi) is 6.03. The maximum absolute atomic E-state index is 6.32. The summed E-state index contributed by atoms with van der Waals surface area (Å²) in [5, 5.41) is 0.753. The normalized spacial score (nSPS) is 15.5. The maximum Gasteiger partial charge on any atom is 0.124 e. The van der Waals surface area contributed by atoms with Gasteiger partial charge in [0.05, 0.1) is 17.6 Å². The molecule has 5 heteroatoms. The highest BCUT2D eigenvalue weighted by molar-refractivity contribution is 6.31. The second-order valence-corrected chi connectivity index (χ2v) is 8.71. The lowest BCUT2D eigenvalue weighted by Crippen LogP contribution is -2.45. The lowest BCUT2D eigenvalue weighted by atomic mass is 10.2. The number of hydrogen-bond donors (Lipinski definition) is 0. The molecule has 0 saturated carbocycles. The smallest absolute Gasteiger partial charge is 0.124 e. The van der Waals surface area contributed by atoms with Crippen LogP contribution in [-0.4, -0.2) is 45.5 Å². The van der Waals surface area contributed by atoms with Crippen LogP contribution in [-0.2, 0) is 19.6 Å². The van der Waals surface area contributed by atoms with E-state index in [1.807, 2.05) is 18.2 Å². The van der Waals surface area contributed by atoms with E-state index in [4.69, 9.17) is 16.6 Å². The minimum absolute atomic E-state index is 0.753. The molecule has 1 fully saturated rings. The first-order valence-corrected chi connectivity index (χ1v) is 11.3. The Morgan fingerprint density at radius 2 is 1.26 bits per heavy atom. The van der Waals surface area contributed by atoms with E-state index in [2.05, 4.69) is 75.0 Å². The Labute approximate surface area is 188 Å². The lowest BCUT2D eigenvalue weighted by Gasteiger charge is -2.34. The quantitative estimate of drug-likeness (QED) is 0.427. The number of piperazine rings is 1. The molecule has 0 radical (unpaired) electrons. The molecule has 1 aliphatic heterocycles. The van der Waals surface area contributed by atoms with Crippen molar-refractivity contribution in [2.45, 2.75) is 19.6 Å². The second kappa shape index (κ2) is 9.23. The summed E-state index contributed by atoms with van der Waals surface area (Å²) in [4.78, 5) is 10.0. The Morgan fingerprint density at radius 3 is 1.90 bits per heavy atom. The monoisotopic (exact) mass is 430 g/mol. The molecule has 0 bridgehead atoms. The van der Waals surface area contributed by atoms with Gasteiger partial charge >= 0.3 is 0 Å². The number of fused-ring (bicyclic) bond motifs is 1. The van der Waals surface area contributed by atoms with Crippen molar-refractivity contribution in [1.82, 2.24) is 19.4 Å². The number of halogens is 1. The molecule has 0 N–H and O–H groups in total. The minimum Gasteiger partial charge on any atom is -0.322 e. The van der Waals surface area contributed by atoms with E-state index >= 15 is 0 Å². The fourth-order valence-electron chi connectivity index (χ4n) is 4.36. The first kappa shape index (κ1) is 20.3. The van der Waals surface area contributed by atoms with Gasteiger partial charge in [0.15, 0.2) is 0 Å². The number of imidazole rings is 1. The Balaban J connectivity index is 1.31. The minimum atomic E-state index is 0.753. The molecule has 4 nitrogen and oxygen atoms in total. The van der Waals surface area contributed by atoms with Crippen LogP contribution in [0.25, 0.3) is 11.0 Å². The maximum atomic E-state index is 6.32. The predicted molar refractivity (Wildman–Crippen MR) is 127 cm³/mol. The molecule has 0 atom stereocenters. The van der Waals surface area contributed by atoms with Gasteiger partial charge in [-0.25, -0.2) is 4.98 Å². The summed E-state index contributed by atoms with van der Waals surface area (Å²) in [7, 11) is 0. The highest BCUT2D eigenvalue weighted by atomic mass is 35.5. The van der Waals surface area contributed by atoms with Gasteiger partial charge in [-0.3, -0.25) is 9.80 Å². The van der Waals surface area contributed by atoms with Crippen LogP contribution in [0.15, 0.2) is 78.9 Å². The average Bonchev–Trinajstić information content (AvgIpc) is 3.13. The van der Waals surface area contributed by atoms with Gasteiger partial charge in [-0.05, 0) is 29.3 Å². The average molecular weight is 431 g/mol. The molecule has 158 valence electrons. The van der Waals surface area contributed by atoms with Gasteiger partial charge in [0.2, 0.25) is 0 Å². The highest BCUT2D eigenvalue weighted by Gasteiger charge is 2.20. The van der Waals surface area contributed by atoms with Crippen molar-refractivity contribution in [3.63, 3.8) is 0 Å². The van der Waals surface area contributed by atoms with E-state index in [0.29, 0.717) is 0 Å². The Hall–Kier alpha value is -2.66. The van der Waals surface area contributed by atoms with Crippen molar-refractivity contribution >= 4 is 22.6 Å². The Bertz CT molecular complexity index is 1130. The largest absolute Gasteiger partial charge is 0.322 e. The molecule has 2 heterocycles. The van der Waals surface area contributed by atoms with Crippen molar-refractivity contribution in [2.75, 3.05) is 26.2 Å². The summed E-state index contributed by atoms with van der Waals surface area (Å²) in [6.45, 7) is 6.97. The molecule has 5 rings (SSSR count). The molecule has 31 heavy (non-hydrogen) atoms. The van der Waals surface area contributed by atoms with E-state index in [9.17, 15) is 0 Å². The molecular formula is C26H27ClN4. The standard InChI is InChI=1S/C26H27ClN4/c27-23-11-12-24-25(17-23)31(19-22-9-5-2-6-10-22)26(28-24)20-30-15-13-29(14-16-30)18-21-7-3-1-4-8-21/h1-12,17H,13-16,18-20H2. The zero-order valence-electron chi connectivity index (χ0n) is 17.6. The SMILES string of the molecule is Clc1ccc2nc(CN3CCN(Cc4ccccc4)CC3)n(Cc3ccccc3)c2c1. The van der Waals surface area contributed by atoms with Gasteiger partial charge in [-0.2, -0.15) is 0 Å². The van der Waals surface area contributed by atoms with Crippen LogP contribution in [0, 0.1) is 0 Å². The van der Waals surface area contributed by atoms with Gasteiger partial charge in [0.25, 0.3) is 0 Å². The van der Waals surface area contributed by atoms with Gasteiger partial charge in [-0.1, -0.05) is 72.3 Å². The molecule has 3 aromatic carbocycles. The zero-order valence-corrected chi connectivity index (χ0v) is 18.4. The van der Waals surface area contributed by atoms with Gasteiger partial charge < -0.3 is 4.57 Å². The van der Waals surface area contributed by atoms with Crippen molar-refractivity contribution in [1.29, 1.82) is 0 Å². The summed E-state index contributed by atoms with van der Waals surface area (Å²) >= 11 is 6.32. The number of rotatable bonds is 6. The van der Waals surface area contributed by atoms with E-state index in [1.54, 1.807) is 0 Å². The van der Waals surface area contributed by atoms with E-state index < -0.39 is 0 Å². The summed E-state index contributed by atoms with van der Waals surface area (Å²) in [5.41, 5.74) is 4.78. The van der Waals surface area contributed by atoms with Gasteiger partial charge in [-0.15, -0.1) is 0 Å². The molecule has 4 aromatic rings. The Morgan fingerprint density at radius 1 is 0.677 bits per heavy atom. The number of benzene rings is 3. The highest BCUT2D eigenvalue weighted by Crippen LogP contribution is 2.23. The zero-order chi connectivity index (χ0) is 21.0. The molecule has 0 spiro atoms. The molecular weight excluding hydrogens is 404 g/mol. The predicted octanol–water partition coefficient (Wildman–Crippen LogP) is 5.06. The van der Waals surface area contributed by atoms with E-state index in [0.717, 1.165) is 67.7 Å². The molecule has 1 saturated heterocycles. The van der Waals surface area contributed by atoms with Crippen LogP contribution in [0.5, 0.6) is 0 Å². The first-order valence-electron chi connectivity index (χ1n) is 10.9.